The smallest absolute Gasteiger partial charge is 0.0192 e. The van der Waals surface area contributed by atoms with Gasteiger partial charge in [0, 0.05) is 25.7 Å². The molecule has 102 valence electrons. The van der Waals surface area contributed by atoms with Crippen molar-refractivity contribution in [3.8, 4) is 0 Å². The van der Waals surface area contributed by atoms with E-state index in [1.807, 2.05) is 0 Å². The minimum atomic E-state index is 0.696. The van der Waals surface area contributed by atoms with Gasteiger partial charge in [-0.15, -0.1) is 0 Å². The molecule has 0 amide bonds. The van der Waals surface area contributed by atoms with Crippen molar-refractivity contribution in [2.75, 3.05) is 26.2 Å². The first kappa shape index (κ1) is 15.0. The summed E-state index contributed by atoms with van der Waals surface area (Å²) >= 11 is 0. The number of likely N-dealkylation sites (tertiary alicyclic amines) is 1. The third-order valence-electron chi connectivity index (χ3n) is 3.92. The normalized spacial score (nSPS) is 28.2. The van der Waals surface area contributed by atoms with E-state index in [1.165, 1.54) is 45.3 Å². The second kappa shape index (κ2) is 8.10. The third-order valence-corrected chi connectivity index (χ3v) is 3.92. The van der Waals surface area contributed by atoms with Gasteiger partial charge in [-0.25, -0.2) is 0 Å². The lowest BCUT2D eigenvalue weighted by atomic mass is 9.91. The van der Waals surface area contributed by atoms with Crippen LogP contribution in [-0.2, 0) is 0 Å². The standard InChI is InChI=1S/C15H32N2/c1-5-6-7-8-16-10-15(4)17-11-13(2)9-14(3)12-17/h13-16H,5-12H2,1-4H3. The van der Waals surface area contributed by atoms with Crippen LogP contribution in [0, 0.1) is 11.8 Å². The van der Waals surface area contributed by atoms with Gasteiger partial charge in [0.2, 0.25) is 0 Å². The van der Waals surface area contributed by atoms with Gasteiger partial charge in [0.1, 0.15) is 0 Å². The molecule has 0 spiro atoms. The molecule has 0 radical (unpaired) electrons. The maximum atomic E-state index is 3.61. The lowest BCUT2D eigenvalue weighted by Gasteiger charge is -2.39. The average Bonchev–Trinajstić information content (AvgIpc) is 2.27. The second-order valence-corrected chi connectivity index (χ2v) is 6.16. The van der Waals surface area contributed by atoms with Gasteiger partial charge < -0.3 is 5.32 Å². The first-order valence-electron chi connectivity index (χ1n) is 7.58. The zero-order valence-corrected chi connectivity index (χ0v) is 12.3. The molecule has 0 aromatic rings. The molecule has 1 N–H and O–H groups in total. The monoisotopic (exact) mass is 240 g/mol. The summed E-state index contributed by atoms with van der Waals surface area (Å²) in [5.74, 6) is 1.75. The van der Waals surface area contributed by atoms with Gasteiger partial charge in [0.25, 0.3) is 0 Å². The molecule has 0 aromatic heterocycles. The van der Waals surface area contributed by atoms with Crippen molar-refractivity contribution in [3.63, 3.8) is 0 Å². The Morgan fingerprint density at radius 1 is 1.18 bits per heavy atom. The van der Waals surface area contributed by atoms with Gasteiger partial charge in [-0.2, -0.15) is 0 Å². The summed E-state index contributed by atoms with van der Waals surface area (Å²) in [6, 6.07) is 0.696. The summed E-state index contributed by atoms with van der Waals surface area (Å²) in [6.07, 6.45) is 5.42. The van der Waals surface area contributed by atoms with E-state index in [2.05, 4.69) is 37.9 Å². The fourth-order valence-electron chi connectivity index (χ4n) is 3.01. The summed E-state index contributed by atoms with van der Waals surface area (Å²) in [7, 11) is 0. The van der Waals surface area contributed by atoms with E-state index in [0.29, 0.717) is 6.04 Å². The van der Waals surface area contributed by atoms with Gasteiger partial charge in [0.05, 0.1) is 0 Å². The van der Waals surface area contributed by atoms with Crippen molar-refractivity contribution in [1.29, 1.82) is 0 Å². The number of nitrogens with zero attached hydrogens (tertiary/aromatic N) is 1. The van der Waals surface area contributed by atoms with E-state index in [-0.39, 0.29) is 0 Å². The Balaban J connectivity index is 2.15. The summed E-state index contributed by atoms with van der Waals surface area (Å²) in [5, 5.41) is 3.61. The van der Waals surface area contributed by atoms with Crippen molar-refractivity contribution in [2.45, 2.75) is 59.4 Å². The first-order chi connectivity index (χ1) is 8.13. The molecule has 17 heavy (non-hydrogen) atoms. The van der Waals surface area contributed by atoms with Crippen LogP contribution in [0.15, 0.2) is 0 Å². The Morgan fingerprint density at radius 2 is 1.82 bits per heavy atom. The quantitative estimate of drug-likeness (QED) is 0.688. The second-order valence-electron chi connectivity index (χ2n) is 6.16. The molecule has 0 bridgehead atoms. The minimum absolute atomic E-state index is 0.696. The molecule has 1 heterocycles. The molecule has 0 aliphatic carbocycles. The molecule has 3 unspecified atom stereocenters. The lowest BCUT2D eigenvalue weighted by Crippen LogP contribution is -2.47. The van der Waals surface area contributed by atoms with Gasteiger partial charge >= 0.3 is 0 Å². The summed E-state index contributed by atoms with van der Waals surface area (Å²) < 4.78 is 0. The summed E-state index contributed by atoms with van der Waals surface area (Å²) in [4.78, 5) is 2.67. The van der Waals surface area contributed by atoms with Crippen LogP contribution in [0.5, 0.6) is 0 Å². The molecular weight excluding hydrogens is 208 g/mol. The number of piperidine rings is 1. The van der Waals surface area contributed by atoms with Crippen LogP contribution >= 0.6 is 0 Å². The number of nitrogens with one attached hydrogen (secondary N) is 1. The van der Waals surface area contributed by atoms with Crippen LogP contribution in [0.3, 0.4) is 0 Å². The Morgan fingerprint density at radius 3 is 2.41 bits per heavy atom. The molecule has 2 nitrogen and oxygen atoms in total. The summed E-state index contributed by atoms with van der Waals surface area (Å²) in [5.41, 5.74) is 0. The van der Waals surface area contributed by atoms with Crippen molar-refractivity contribution >= 4 is 0 Å². The van der Waals surface area contributed by atoms with Crippen LogP contribution in [-0.4, -0.2) is 37.1 Å². The van der Waals surface area contributed by atoms with Gasteiger partial charge in [-0.1, -0.05) is 33.6 Å². The number of hydrogen-bond donors (Lipinski definition) is 1. The molecule has 1 saturated heterocycles. The topological polar surface area (TPSA) is 15.3 Å². The van der Waals surface area contributed by atoms with E-state index in [4.69, 9.17) is 0 Å². The highest BCUT2D eigenvalue weighted by molar-refractivity contribution is 4.79. The van der Waals surface area contributed by atoms with Crippen LogP contribution in [0.25, 0.3) is 0 Å². The van der Waals surface area contributed by atoms with E-state index < -0.39 is 0 Å². The van der Waals surface area contributed by atoms with Crippen LogP contribution in [0.1, 0.15) is 53.4 Å². The van der Waals surface area contributed by atoms with E-state index in [9.17, 15) is 0 Å². The fourth-order valence-corrected chi connectivity index (χ4v) is 3.01. The average molecular weight is 240 g/mol. The predicted molar refractivity (Wildman–Crippen MR) is 76.4 cm³/mol. The molecule has 3 atom stereocenters. The molecule has 0 aromatic carbocycles. The van der Waals surface area contributed by atoms with E-state index in [1.54, 1.807) is 0 Å². The van der Waals surface area contributed by atoms with Crippen molar-refractivity contribution in [1.82, 2.24) is 10.2 Å². The third kappa shape index (κ3) is 5.87. The number of unbranched alkanes of at least 4 members (excludes halogenated alkanes) is 2. The van der Waals surface area contributed by atoms with Crippen LogP contribution < -0.4 is 5.32 Å². The Labute approximate surface area is 108 Å². The largest absolute Gasteiger partial charge is 0.315 e. The maximum absolute atomic E-state index is 3.61. The fraction of sp³-hybridized carbons (Fsp3) is 1.00. The van der Waals surface area contributed by atoms with Gasteiger partial charge in [0.15, 0.2) is 0 Å². The zero-order chi connectivity index (χ0) is 12.7. The number of rotatable bonds is 7. The van der Waals surface area contributed by atoms with Crippen molar-refractivity contribution < 1.29 is 0 Å². The lowest BCUT2D eigenvalue weighted by molar-refractivity contribution is 0.102. The van der Waals surface area contributed by atoms with Crippen molar-refractivity contribution in [2.24, 2.45) is 11.8 Å². The molecule has 2 heteroatoms. The molecule has 1 aliphatic heterocycles. The number of hydrogen-bond acceptors (Lipinski definition) is 2. The highest BCUT2D eigenvalue weighted by Gasteiger charge is 2.24. The SMILES string of the molecule is CCCCCNCC(C)N1CC(C)CC(C)C1. The minimum Gasteiger partial charge on any atom is -0.315 e. The Hall–Kier alpha value is -0.0800. The molecule has 1 aliphatic rings. The Bertz CT molecular complexity index is 183. The van der Waals surface area contributed by atoms with E-state index in [0.717, 1.165) is 18.4 Å². The zero-order valence-electron chi connectivity index (χ0n) is 12.3. The van der Waals surface area contributed by atoms with Crippen LogP contribution in [0.4, 0.5) is 0 Å². The maximum Gasteiger partial charge on any atom is 0.0192 e. The van der Waals surface area contributed by atoms with Gasteiger partial charge in [-0.05, 0) is 38.1 Å². The van der Waals surface area contributed by atoms with E-state index >= 15 is 0 Å². The van der Waals surface area contributed by atoms with Gasteiger partial charge in [-0.3, -0.25) is 4.90 Å². The van der Waals surface area contributed by atoms with Crippen molar-refractivity contribution in [3.05, 3.63) is 0 Å². The predicted octanol–water partition coefficient (Wildman–Crippen LogP) is 3.13. The summed E-state index contributed by atoms with van der Waals surface area (Å²) in [6.45, 7) is 14.4. The Kier molecular flexibility index (Phi) is 7.14. The highest BCUT2D eigenvalue weighted by atomic mass is 15.2. The molecule has 0 saturated carbocycles. The first-order valence-corrected chi connectivity index (χ1v) is 7.58. The highest BCUT2D eigenvalue weighted by Crippen LogP contribution is 2.22. The molecular formula is C15H32N2. The van der Waals surface area contributed by atoms with Crippen LogP contribution in [0.2, 0.25) is 0 Å². The molecule has 1 fully saturated rings. The molecule has 1 rings (SSSR count).